The first-order chi connectivity index (χ1) is 16.7. The third-order valence-electron chi connectivity index (χ3n) is 8.25. The van der Waals surface area contributed by atoms with Gasteiger partial charge in [-0.05, 0) is 65.1 Å². The van der Waals surface area contributed by atoms with Crippen LogP contribution in [0.2, 0.25) is 0 Å². The standard InChI is InChI=1S/C28H30BrN3OS/c29-27-31-23-12-7-14-28(25(23)34-27)18-30-17-22(28)26(33)32-15-13-21(19-8-3-1-4-9-19)16-24(32)20-10-5-2-6-11-20/h1-6,8-11,21-22,24,30H,7,12-18H2. The number of rotatable bonds is 3. The Labute approximate surface area is 213 Å². The van der Waals surface area contributed by atoms with Gasteiger partial charge in [-0.25, -0.2) is 4.98 Å². The quantitative estimate of drug-likeness (QED) is 0.457. The molecule has 4 unspecified atom stereocenters. The zero-order valence-corrected chi connectivity index (χ0v) is 21.7. The van der Waals surface area contributed by atoms with Crippen LogP contribution in [0.4, 0.5) is 0 Å². The second-order valence-electron chi connectivity index (χ2n) is 10.0. The van der Waals surface area contributed by atoms with Crippen molar-refractivity contribution >= 4 is 33.2 Å². The largest absolute Gasteiger partial charge is 0.335 e. The molecule has 1 amide bonds. The fourth-order valence-electron chi connectivity index (χ4n) is 6.60. The molecule has 34 heavy (non-hydrogen) atoms. The number of benzene rings is 2. The van der Waals surface area contributed by atoms with Gasteiger partial charge in [-0.15, -0.1) is 11.3 Å². The van der Waals surface area contributed by atoms with E-state index in [2.05, 4.69) is 86.8 Å². The number of halogens is 1. The van der Waals surface area contributed by atoms with Gasteiger partial charge in [0.05, 0.1) is 17.7 Å². The van der Waals surface area contributed by atoms with Crippen molar-refractivity contribution in [1.82, 2.24) is 15.2 Å². The van der Waals surface area contributed by atoms with E-state index in [1.165, 1.54) is 21.7 Å². The van der Waals surface area contributed by atoms with E-state index >= 15 is 0 Å². The Morgan fingerprint density at radius 1 is 1.09 bits per heavy atom. The molecular weight excluding hydrogens is 506 g/mol. The van der Waals surface area contributed by atoms with Crippen molar-refractivity contribution in [3.63, 3.8) is 0 Å². The van der Waals surface area contributed by atoms with Crippen molar-refractivity contribution in [3.05, 3.63) is 86.3 Å². The number of amides is 1. The Morgan fingerprint density at radius 3 is 2.59 bits per heavy atom. The Hall–Kier alpha value is -2.02. The molecule has 3 aromatic rings. The molecule has 2 saturated heterocycles. The van der Waals surface area contributed by atoms with E-state index in [4.69, 9.17) is 4.98 Å². The molecule has 6 heteroatoms. The Bertz CT molecular complexity index is 1170. The van der Waals surface area contributed by atoms with Crippen LogP contribution in [-0.2, 0) is 16.6 Å². The minimum absolute atomic E-state index is 0.0293. The van der Waals surface area contributed by atoms with Crippen LogP contribution in [0.3, 0.4) is 0 Å². The first-order valence-electron chi connectivity index (χ1n) is 12.4. The molecule has 4 atom stereocenters. The number of piperidine rings is 1. The molecule has 2 aliphatic heterocycles. The molecule has 0 radical (unpaired) electrons. The summed E-state index contributed by atoms with van der Waals surface area (Å²) in [5.41, 5.74) is 3.72. The molecule has 3 heterocycles. The summed E-state index contributed by atoms with van der Waals surface area (Å²) in [5, 5.41) is 3.61. The molecule has 1 N–H and O–H groups in total. The van der Waals surface area contributed by atoms with E-state index in [-0.39, 0.29) is 17.4 Å². The number of nitrogens with zero attached hydrogens (tertiary/aromatic N) is 2. The number of hydrogen-bond acceptors (Lipinski definition) is 4. The van der Waals surface area contributed by atoms with Gasteiger partial charge in [0.15, 0.2) is 3.92 Å². The van der Waals surface area contributed by atoms with Crippen molar-refractivity contribution < 1.29 is 4.79 Å². The normalized spacial score (nSPS) is 28.7. The molecule has 1 spiro atoms. The lowest BCUT2D eigenvalue weighted by molar-refractivity contribution is -0.141. The van der Waals surface area contributed by atoms with Gasteiger partial charge in [-0.1, -0.05) is 60.7 Å². The third-order valence-corrected chi connectivity index (χ3v) is 10.0. The van der Waals surface area contributed by atoms with Crippen LogP contribution in [0, 0.1) is 5.92 Å². The number of likely N-dealkylation sites (tertiary alicyclic amines) is 1. The predicted octanol–water partition coefficient (Wildman–Crippen LogP) is 5.85. The van der Waals surface area contributed by atoms with E-state index in [0.717, 1.165) is 55.7 Å². The van der Waals surface area contributed by atoms with Crippen LogP contribution in [-0.4, -0.2) is 35.4 Å². The average Bonchev–Trinajstić information content (AvgIpc) is 3.48. The number of fused-ring (bicyclic) bond motifs is 2. The van der Waals surface area contributed by atoms with E-state index in [0.29, 0.717) is 11.8 Å². The Balaban J connectivity index is 1.33. The number of thiazole rings is 1. The summed E-state index contributed by atoms with van der Waals surface area (Å²) in [6.45, 7) is 2.44. The van der Waals surface area contributed by atoms with Gasteiger partial charge in [-0.2, -0.15) is 0 Å². The molecule has 176 valence electrons. The Kier molecular flexibility index (Phi) is 6.08. The highest BCUT2D eigenvalue weighted by molar-refractivity contribution is 9.11. The van der Waals surface area contributed by atoms with Gasteiger partial charge in [0.25, 0.3) is 0 Å². The summed E-state index contributed by atoms with van der Waals surface area (Å²) in [6.07, 6.45) is 5.18. The van der Waals surface area contributed by atoms with E-state index < -0.39 is 0 Å². The van der Waals surface area contributed by atoms with Gasteiger partial charge in [-0.3, -0.25) is 4.79 Å². The van der Waals surface area contributed by atoms with Crippen LogP contribution < -0.4 is 5.32 Å². The average molecular weight is 537 g/mol. The summed E-state index contributed by atoms with van der Waals surface area (Å²) in [7, 11) is 0. The van der Waals surface area contributed by atoms with Gasteiger partial charge in [0, 0.05) is 29.9 Å². The number of aryl methyl sites for hydroxylation is 1. The van der Waals surface area contributed by atoms with Gasteiger partial charge in [0.1, 0.15) is 0 Å². The van der Waals surface area contributed by atoms with Crippen LogP contribution in [0.1, 0.15) is 59.3 Å². The molecule has 3 aliphatic rings. The Morgan fingerprint density at radius 2 is 1.82 bits per heavy atom. The molecule has 2 fully saturated rings. The van der Waals surface area contributed by atoms with Crippen molar-refractivity contribution in [2.75, 3.05) is 19.6 Å². The van der Waals surface area contributed by atoms with Gasteiger partial charge in [0.2, 0.25) is 5.91 Å². The topological polar surface area (TPSA) is 45.2 Å². The molecule has 1 aromatic heterocycles. The number of carbonyl (C=O) groups excluding carboxylic acids is 1. The number of nitrogens with one attached hydrogen (secondary N) is 1. The maximum Gasteiger partial charge on any atom is 0.228 e. The van der Waals surface area contributed by atoms with Gasteiger partial charge < -0.3 is 10.2 Å². The zero-order valence-electron chi connectivity index (χ0n) is 19.3. The molecule has 4 nitrogen and oxygen atoms in total. The molecule has 0 saturated carbocycles. The summed E-state index contributed by atoms with van der Waals surface area (Å²) >= 11 is 5.36. The fraction of sp³-hybridized carbons (Fsp3) is 0.429. The van der Waals surface area contributed by atoms with Gasteiger partial charge >= 0.3 is 0 Å². The van der Waals surface area contributed by atoms with E-state index in [9.17, 15) is 4.79 Å². The number of aromatic nitrogens is 1. The summed E-state index contributed by atoms with van der Waals surface area (Å²) in [6, 6.07) is 21.6. The van der Waals surface area contributed by atoms with Crippen molar-refractivity contribution in [2.45, 2.75) is 49.5 Å². The lowest BCUT2D eigenvalue weighted by Gasteiger charge is -2.44. The van der Waals surface area contributed by atoms with E-state index in [1.807, 2.05) is 0 Å². The molecule has 6 rings (SSSR count). The maximum absolute atomic E-state index is 14.4. The SMILES string of the molecule is O=C(C1CNCC12CCCc1nc(Br)sc12)N1CCC(c2ccccc2)CC1c1ccccc1. The summed E-state index contributed by atoms with van der Waals surface area (Å²) < 4.78 is 0.947. The van der Waals surface area contributed by atoms with Crippen LogP contribution in [0.5, 0.6) is 0 Å². The molecule has 2 aromatic carbocycles. The minimum atomic E-state index is -0.119. The maximum atomic E-state index is 14.4. The second kappa shape index (κ2) is 9.21. The van der Waals surface area contributed by atoms with E-state index in [1.54, 1.807) is 11.3 Å². The van der Waals surface area contributed by atoms with Crippen LogP contribution in [0.25, 0.3) is 0 Å². The monoisotopic (exact) mass is 535 g/mol. The van der Waals surface area contributed by atoms with Crippen molar-refractivity contribution in [1.29, 1.82) is 0 Å². The van der Waals surface area contributed by atoms with Crippen LogP contribution >= 0.6 is 27.3 Å². The highest BCUT2D eigenvalue weighted by atomic mass is 79.9. The predicted molar refractivity (Wildman–Crippen MR) is 140 cm³/mol. The van der Waals surface area contributed by atoms with Crippen molar-refractivity contribution in [2.24, 2.45) is 5.92 Å². The molecule has 1 aliphatic carbocycles. The first kappa shape index (κ1) is 22.4. The lowest BCUT2D eigenvalue weighted by atomic mass is 9.68. The number of carbonyl (C=O) groups is 1. The summed E-state index contributed by atoms with van der Waals surface area (Å²) in [4.78, 5) is 22.7. The minimum Gasteiger partial charge on any atom is -0.335 e. The smallest absolute Gasteiger partial charge is 0.228 e. The lowest BCUT2D eigenvalue weighted by Crippen LogP contribution is -2.50. The van der Waals surface area contributed by atoms with Crippen LogP contribution in [0.15, 0.2) is 64.6 Å². The molecular formula is C28H30BrN3OS. The molecule has 0 bridgehead atoms. The highest BCUT2D eigenvalue weighted by Gasteiger charge is 2.53. The third kappa shape index (κ3) is 3.84. The zero-order chi connectivity index (χ0) is 23.1. The first-order valence-corrected chi connectivity index (χ1v) is 14.0. The second-order valence-corrected chi connectivity index (χ2v) is 12.3. The highest BCUT2D eigenvalue weighted by Crippen LogP contribution is 2.50. The fourth-order valence-corrected chi connectivity index (χ4v) is 8.41. The summed E-state index contributed by atoms with van der Waals surface area (Å²) in [5.74, 6) is 0.769. The number of hydrogen-bond donors (Lipinski definition) is 1. The van der Waals surface area contributed by atoms with Crippen molar-refractivity contribution in [3.8, 4) is 0 Å².